The first kappa shape index (κ1) is 15.2. The van der Waals surface area contributed by atoms with E-state index in [1.54, 1.807) is 24.3 Å². The van der Waals surface area contributed by atoms with Crippen LogP contribution in [-0.4, -0.2) is 11.6 Å². The first-order valence-corrected chi connectivity index (χ1v) is 8.20. The average molecular weight is 274 g/mol. The third kappa shape index (κ3) is 4.73. The van der Waals surface area contributed by atoms with Crippen LogP contribution < -0.4 is 0 Å². The average Bonchev–Trinajstić information content (AvgIpc) is 2.53. The van der Waals surface area contributed by atoms with Gasteiger partial charge >= 0.3 is 0 Å². The summed E-state index contributed by atoms with van der Waals surface area (Å²) in [5, 5.41) is 0. The second-order valence-electron chi connectivity index (χ2n) is 6.19. The standard InChI is InChI=1S/C18H26O2/c19-17(15-9-3-1-4-10-15)13-7-8-14-18(20)16-11-5-2-6-12-16/h7-8,13-16H,1-6,9-12H2/b13-7+,14-8+. The molecule has 0 aromatic rings. The van der Waals surface area contributed by atoms with Gasteiger partial charge in [-0.25, -0.2) is 0 Å². The molecule has 0 N–H and O–H groups in total. The van der Waals surface area contributed by atoms with Crippen LogP contribution >= 0.6 is 0 Å². The molecule has 2 saturated carbocycles. The lowest BCUT2D eigenvalue weighted by atomic mass is 9.86. The summed E-state index contributed by atoms with van der Waals surface area (Å²) in [6, 6.07) is 0. The summed E-state index contributed by atoms with van der Waals surface area (Å²) in [5.41, 5.74) is 0. The summed E-state index contributed by atoms with van der Waals surface area (Å²) in [7, 11) is 0. The molecule has 110 valence electrons. The molecule has 2 nitrogen and oxygen atoms in total. The minimum absolute atomic E-state index is 0.224. The highest BCUT2D eigenvalue weighted by Crippen LogP contribution is 2.25. The maximum atomic E-state index is 11.9. The fraction of sp³-hybridized carbons (Fsp3) is 0.667. The van der Waals surface area contributed by atoms with Crippen molar-refractivity contribution in [3.63, 3.8) is 0 Å². The molecule has 0 unspecified atom stereocenters. The number of carbonyl (C=O) groups is 2. The summed E-state index contributed by atoms with van der Waals surface area (Å²) < 4.78 is 0. The van der Waals surface area contributed by atoms with Crippen molar-refractivity contribution in [2.24, 2.45) is 11.8 Å². The van der Waals surface area contributed by atoms with E-state index in [-0.39, 0.29) is 23.4 Å². The van der Waals surface area contributed by atoms with E-state index in [4.69, 9.17) is 0 Å². The molecule has 0 aliphatic heterocycles. The van der Waals surface area contributed by atoms with Crippen molar-refractivity contribution in [1.82, 2.24) is 0 Å². The highest BCUT2D eigenvalue weighted by atomic mass is 16.1. The molecule has 2 fully saturated rings. The molecule has 0 aromatic carbocycles. The van der Waals surface area contributed by atoms with E-state index in [0.29, 0.717) is 0 Å². The van der Waals surface area contributed by atoms with Crippen molar-refractivity contribution < 1.29 is 9.59 Å². The lowest BCUT2D eigenvalue weighted by Gasteiger charge is -2.18. The van der Waals surface area contributed by atoms with Crippen LogP contribution in [0.5, 0.6) is 0 Å². The van der Waals surface area contributed by atoms with Crippen molar-refractivity contribution in [3.05, 3.63) is 24.3 Å². The predicted molar refractivity (Wildman–Crippen MR) is 81.4 cm³/mol. The number of ketones is 2. The van der Waals surface area contributed by atoms with Crippen LogP contribution in [0.2, 0.25) is 0 Å². The first-order chi connectivity index (χ1) is 9.77. The van der Waals surface area contributed by atoms with Crippen molar-refractivity contribution >= 4 is 11.6 Å². The summed E-state index contributed by atoms with van der Waals surface area (Å²) in [6.45, 7) is 0. The van der Waals surface area contributed by atoms with Gasteiger partial charge in [-0.15, -0.1) is 0 Å². The molecule has 2 rings (SSSR count). The molecule has 0 amide bonds. The summed E-state index contributed by atoms with van der Waals surface area (Å²) in [4.78, 5) is 23.9. The molecule has 20 heavy (non-hydrogen) atoms. The Bertz CT molecular complexity index is 342. The van der Waals surface area contributed by atoms with Crippen LogP contribution in [0.25, 0.3) is 0 Å². The van der Waals surface area contributed by atoms with Gasteiger partial charge < -0.3 is 0 Å². The van der Waals surface area contributed by atoms with Crippen LogP contribution in [0.1, 0.15) is 64.2 Å². The minimum atomic E-state index is 0.224. The molecule has 0 heterocycles. The van der Waals surface area contributed by atoms with E-state index in [2.05, 4.69) is 0 Å². The molecule has 0 bridgehead atoms. The third-order valence-corrected chi connectivity index (χ3v) is 4.65. The zero-order valence-electron chi connectivity index (χ0n) is 12.4. The quantitative estimate of drug-likeness (QED) is 0.550. The lowest BCUT2D eigenvalue weighted by Crippen LogP contribution is -2.15. The summed E-state index contributed by atoms with van der Waals surface area (Å²) in [6.07, 6.45) is 18.2. The van der Waals surface area contributed by atoms with E-state index < -0.39 is 0 Å². The second kappa shape index (κ2) is 8.18. The van der Waals surface area contributed by atoms with E-state index in [1.165, 1.54) is 38.5 Å². The van der Waals surface area contributed by atoms with Crippen molar-refractivity contribution in [2.45, 2.75) is 64.2 Å². The summed E-state index contributed by atoms with van der Waals surface area (Å²) >= 11 is 0. The SMILES string of the molecule is O=C(/C=C/C=C/C(=O)C1CCCCC1)C1CCCCC1. The second-order valence-corrected chi connectivity index (χ2v) is 6.19. The molecule has 0 atom stereocenters. The van der Waals surface area contributed by atoms with Crippen LogP contribution in [0.15, 0.2) is 24.3 Å². The van der Waals surface area contributed by atoms with Gasteiger partial charge in [0.25, 0.3) is 0 Å². The largest absolute Gasteiger partial charge is 0.295 e. The molecular weight excluding hydrogens is 248 g/mol. The number of rotatable bonds is 5. The van der Waals surface area contributed by atoms with Crippen LogP contribution in [0.4, 0.5) is 0 Å². The Hall–Kier alpha value is -1.18. The zero-order valence-corrected chi connectivity index (χ0v) is 12.4. The minimum Gasteiger partial charge on any atom is -0.295 e. The van der Waals surface area contributed by atoms with Gasteiger partial charge in [0.15, 0.2) is 11.6 Å². The highest BCUT2D eigenvalue weighted by molar-refractivity contribution is 5.93. The topological polar surface area (TPSA) is 34.1 Å². The molecular formula is C18H26O2. The van der Waals surface area contributed by atoms with Crippen LogP contribution in [-0.2, 0) is 9.59 Å². The Morgan fingerprint density at radius 1 is 0.600 bits per heavy atom. The molecule has 0 saturated heterocycles. The van der Waals surface area contributed by atoms with Gasteiger partial charge in [-0.3, -0.25) is 9.59 Å². The van der Waals surface area contributed by atoms with Gasteiger partial charge in [0.2, 0.25) is 0 Å². The number of carbonyl (C=O) groups excluding carboxylic acids is 2. The Labute approximate surface area is 122 Å². The summed E-state index contributed by atoms with van der Waals surface area (Å²) in [5.74, 6) is 0.920. The maximum absolute atomic E-state index is 11.9. The first-order valence-electron chi connectivity index (χ1n) is 8.20. The predicted octanol–water partition coefficient (Wildman–Crippen LogP) is 4.40. The van der Waals surface area contributed by atoms with Crippen molar-refractivity contribution in [3.8, 4) is 0 Å². The Balaban J connectivity index is 1.75. The fourth-order valence-electron chi connectivity index (χ4n) is 3.35. The zero-order chi connectivity index (χ0) is 14.2. The molecule has 2 heteroatoms. The monoisotopic (exact) mass is 274 g/mol. The molecule has 0 aromatic heterocycles. The smallest absolute Gasteiger partial charge is 0.158 e. The lowest BCUT2D eigenvalue weighted by molar-refractivity contribution is -0.119. The molecule has 2 aliphatic carbocycles. The van der Waals surface area contributed by atoms with Crippen molar-refractivity contribution in [1.29, 1.82) is 0 Å². The van der Waals surface area contributed by atoms with Crippen molar-refractivity contribution in [2.75, 3.05) is 0 Å². The van der Waals surface area contributed by atoms with E-state index in [0.717, 1.165) is 25.7 Å². The number of hydrogen-bond donors (Lipinski definition) is 0. The highest BCUT2D eigenvalue weighted by Gasteiger charge is 2.19. The van der Waals surface area contributed by atoms with Gasteiger partial charge in [-0.05, 0) is 37.8 Å². The van der Waals surface area contributed by atoms with E-state index in [9.17, 15) is 9.59 Å². The molecule has 2 aliphatic rings. The third-order valence-electron chi connectivity index (χ3n) is 4.65. The van der Waals surface area contributed by atoms with Crippen LogP contribution in [0.3, 0.4) is 0 Å². The maximum Gasteiger partial charge on any atom is 0.158 e. The van der Waals surface area contributed by atoms with Crippen LogP contribution in [0, 0.1) is 11.8 Å². The van der Waals surface area contributed by atoms with Gasteiger partial charge in [-0.2, -0.15) is 0 Å². The number of hydrogen-bond acceptors (Lipinski definition) is 2. The van der Waals surface area contributed by atoms with E-state index in [1.807, 2.05) is 0 Å². The van der Waals surface area contributed by atoms with Gasteiger partial charge in [0, 0.05) is 11.8 Å². The van der Waals surface area contributed by atoms with Gasteiger partial charge in [0.1, 0.15) is 0 Å². The Kier molecular flexibility index (Phi) is 6.23. The van der Waals surface area contributed by atoms with Gasteiger partial charge in [0.05, 0.1) is 0 Å². The Morgan fingerprint density at radius 2 is 0.950 bits per heavy atom. The Morgan fingerprint density at radius 3 is 1.30 bits per heavy atom. The number of allylic oxidation sites excluding steroid dienone is 4. The van der Waals surface area contributed by atoms with Gasteiger partial charge in [-0.1, -0.05) is 50.7 Å². The molecule has 0 radical (unpaired) electrons. The molecule has 0 spiro atoms. The van der Waals surface area contributed by atoms with E-state index >= 15 is 0 Å². The fourth-order valence-corrected chi connectivity index (χ4v) is 3.35. The normalized spacial score (nSPS) is 22.6.